The van der Waals surface area contributed by atoms with Gasteiger partial charge in [0.1, 0.15) is 5.56 Å². The Morgan fingerprint density at radius 3 is 2.16 bits per heavy atom. The molecule has 0 unspecified atom stereocenters. The molecule has 0 aliphatic heterocycles. The van der Waals surface area contributed by atoms with E-state index in [0.717, 1.165) is 23.4 Å². The van der Waals surface area contributed by atoms with E-state index >= 15 is 0 Å². The minimum atomic E-state index is -4.27. The van der Waals surface area contributed by atoms with Crippen LogP contribution in [0, 0.1) is 0 Å². The zero-order valence-electron chi connectivity index (χ0n) is 13.8. The van der Waals surface area contributed by atoms with Crippen LogP contribution in [0.5, 0.6) is 0 Å². The SMILES string of the molecule is CCOC(=O)c1cnn(-c2ccccc2)c1N(S(C)(=O)=O)S(C)(=O)=O. The number of ether oxygens (including phenoxy) is 1. The Morgan fingerprint density at radius 1 is 1.12 bits per heavy atom. The summed E-state index contributed by atoms with van der Waals surface area (Å²) in [6.07, 6.45) is 2.53. The number of esters is 1. The molecule has 0 spiro atoms. The van der Waals surface area contributed by atoms with E-state index in [-0.39, 0.29) is 15.9 Å². The molecular weight excluding hydrogens is 370 g/mol. The summed E-state index contributed by atoms with van der Waals surface area (Å²) in [6.45, 7) is 1.61. The van der Waals surface area contributed by atoms with Crippen molar-refractivity contribution < 1.29 is 26.4 Å². The topological polar surface area (TPSA) is 116 Å². The second kappa shape index (κ2) is 6.84. The first-order valence-electron chi connectivity index (χ1n) is 7.08. The molecule has 0 atom stereocenters. The maximum absolute atomic E-state index is 12.2. The van der Waals surface area contributed by atoms with Crippen molar-refractivity contribution >= 4 is 31.8 Å². The summed E-state index contributed by atoms with van der Waals surface area (Å²) in [5.41, 5.74) is 0.104. The fraction of sp³-hybridized carbons (Fsp3) is 0.286. The summed E-state index contributed by atoms with van der Waals surface area (Å²) < 4.78 is 54.7. The number of hydrogen-bond donors (Lipinski definition) is 0. The third-order valence-electron chi connectivity index (χ3n) is 3.02. The third kappa shape index (κ3) is 3.99. The minimum Gasteiger partial charge on any atom is -0.462 e. The van der Waals surface area contributed by atoms with Crippen LogP contribution in [0.4, 0.5) is 5.82 Å². The highest BCUT2D eigenvalue weighted by atomic mass is 32.3. The summed E-state index contributed by atoms with van der Waals surface area (Å²) in [4.78, 5) is 12.2. The predicted octanol–water partition coefficient (Wildman–Crippen LogP) is 0.775. The molecule has 0 saturated heterocycles. The molecule has 25 heavy (non-hydrogen) atoms. The zero-order valence-corrected chi connectivity index (χ0v) is 15.4. The average Bonchev–Trinajstić information content (AvgIpc) is 2.89. The number of carbonyl (C=O) groups excluding carboxylic acids is 1. The number of para-hydroxylation sites is 1. The van der Waals surface area contributed by atoms with E-state index in [2.05, 4.69) is 5.10 Å². The van der Waals surface area contributed by atoms with E-state index in [9.17, 15) is 21.6 Å². The largest absolute Gasteiger partial charge is 0.462 e. The molecule has 1 aromatic heterocycles. The summed E-state index contributed by atoms with van der Waals surface area (Å²) in [5.74, 6) is -1.30. The number of sulfonamides is 2. The molecule has 2 rings (SSSR count). The molecule has 0 amide bonds. The van der Waals surface area contributed by atoms with Crippen molar-refractivity contribution in [1.82, 2.24) is 9.78 Å². The molecule has 0 N–H and O–H groups in total. The molecule has 0 saturated carbocycles. The van der Waals surface area contributed by atoms with Crippen molar-refractivity contribution in [3.05, 3.63) is 42.1 Å². The molecule has 0 aliphatic rings. The van der Waals surface area contributed by atoms with Crippen LogP contribution < -0.4 is 3.71 Å². The molecule has 9 nitrogen and oxygen atoms in total. The lowest BCUT2D eigenvalue weighted by atomic mass is 10.3. The van der Waals surface area contributed by atoms with Gasteiger partial charge in [-0.05, 0) is 19.1 Å². The predicted molar refractivity (Wildman–Crippen MR) is 91.7 cm³/mol. The second-order valence-corrected chi connectivity index (χ2v) is 8.97. The number of aromatic nitrogens is 2. The van der Waals surface area contributed by atoms with E-state index in [1.165, 1.54) is 0 Å². The number of anilines is 1. The first kappa shape index (κ1) is 18.9. The van der Waals surface area contributed by atoms with Gasteiger partial charge in [0.25, 0.3) is 0 Å². The van der Waals surface area contributed by atoms with Gasteiger partial charge in [0.05, 0.1) is 31.0 Å². The van der Waals surface area contributed by atoms with E-state index < -0.39 is 31.8 Å². The van der Waals surface area contributed by atoms with Gasteiger partial charge in [-0.3, -0.25) is 0 Å². The highest BCUT2D eigenvalue weighted by Crippen LogP contribution is 2.29. The van der Waals surface area contributed by atoms with Crippen molar-refractivity contribution in [3.63, 3.8) is 0 Å². The highest BCUT2D eigenvalue weighted by Gasteiger charge is 2.35. The standard InChI is InChI=1S/C14H17N3O6S2/c1-4-23-14(18)12-10-15-16(11-8-6-5-7-9-11)13(12)17(24(2,19)20)25(3,21)22/h5-10H,4H2,1-3H3. The van der Waals surface area contributed by atoms with E-state index in [1.54, 1.807) is 37.3 Å². The monoisotopic (exact) mass is 387 g/mol. The smallest absolute Gasteiger partial charge is 0.343 e. The first-order valence-corrected chi connectivity index (χ1v) is 10.8. The van der Waals surface area contributed by atoms with Gasteiger partial charge in [-0.2, -0.15) is 5.10 Å². The fourth-order valence-electron chi connectivity index (χ4n) is 2.19. The van der Waals surface area contributed by atoms with Gasteiger partial charge in [0.15, 0.2) is 5.82 Å². The van der Waals surface area contributed by atoms with Crippen LogP contribution in [-0.4, -0.2) is 51.7 Å². The Labute approximate surface area is 145 Å². The fourth-order valence-corrected chi connectivity index (χ4v) is 5.14. The Hall–Kier alpha value is -2.40. The summed E-state index contributed by atoms with van der Waals surface area (Å²) >= 11 is 0. The van der Waals surface area contributed by atoms with Crippen LogP contribution in [0.15, 0.2) is 36.5 Å². The zero-order chi connectivity index (χ0) is 18.8. The lowest BCUT2D eigenvalue weighted by Gasteiger charge is -2.21. The van der Waals surface area contributed by atoms with Crippen molar-refractivity contribution in [2.75, 3.05) is 22.8 Å². The molecule has 136 valence electrons. The highest BCUT2D eigenvalue weighted by molar-refractivity contribution is 8.09. The Morgan fingerprint density at radius 2 is 1.68 bits per heavy atom. The molecular formula is C14H17N3O6S2. The average molecular weight is 387 g/mol. The Balaban J connectivity index is 2.84. The van der Waals surface area contributed by atoms with Crippen LogP contribution in [0.2, 0.25) is 0 Å². The molecule has 2 aromatic rings. The summed E-state index contributed by atoms with van der Waals surface area (Å²) in [6, 6.07) is 8.23. The van der Waals surface area contributed by atoms with Crippen molar-refractivity contribution in [2.45, 2.75) is 6.92 Å². The van der Waals surface area contributed by atoms with Gasteiger partial charge >= 0.3 is 5.97 Å². The lowest BCUT2D eigenvalue weighted by Crippen LogP contribution is -2.37. The Bertz CT molecular complexity index is 949. The van der Waals surface area contributed by atoms with Crippen LogP contribution in [0.3, 0.4) is 0 Å². The summed E-state index contributed by atoms with van der Waals surface area (Å²) in [5, 5.41) is 3.98. The summed E-state index contributed by atoms with van der Waals surface area (Å²) in [7, 11) is -8.54. The molecule has 0 bridgehead atoms. The van der Waals surface area contributed by atoms with E-state index in [1.807, 2.05) is 0 Å². The van der Waals surface area contributed by atoms with Gasteiger partial charge in [0.2, 0.25) is 20.0 Å². The van der Waals surface area contributed by atoms with Crippen molar-refractivity contribution in [1.29, 1.82) is 0 Å². The van der Waals surface area contributed by atoms with Crippen LogP contribution in [0.1, 0.15) is 17.3 Å². The maximum Gasteiger partial charge on any atom is 0.343 e. The third-order valence-corrected chi connectivity index (χ3v) is 6.19. The van der Waals surface area contributed by atoms with Gasteiger partial charge in [-0.15, -0.1) is 3.71 Å². The maximum atomic E-state index is 12.2. The molecule has 1 aromatic carbocycles. The van der Waals surface area contributed by atoms with Gasteiger partial charge in [-0.1, -0.05) is 18.2 Å². The van der Waals surface area contributed by atoms with Gasteiger partial charge < -0.3 is 4.74 Å². The van der Waals surface area contributed by atoms with Gasteiger partial charge in [0, 0.05) is 0 Å². The van der Waals surface area contributed by atoms with Crippen molar-refractivity contribution in [3.8, 4) is 5.69 Å². The van der Waals surface area contributed by atoms with E-state index in [4.69, 9.17) is 4.74 Å². The van der Waals surface area contributed by atoms with Crippen LogP contribution in [-0.2, 0) is 24.8 Å². The number of hydrogen-bond acceptors (Lipinski definition) is 7. The van der Waals surface area contributed by atoms with Crippen molar-refractivity contribution in [2.24, 2.45) is 0 Å². The second-order valence-electron chi connectivity index (χ2n) is 5.07. The number of benzene rings is 1. The van der Waals surface area contributed by atoms with Crippen LogP contribution >= 0.6 is 0 Å². The molecule has 11 heteroatoms. The molecule has 1 heterocycles. The number of nitrogens with zero attached hydrogens (tertiary/aromatic N) is 3. The first-order chi connectivity index (χ1) is 11.6. The molecule has 0 radical (unpaired) electrons. The quantitative estimate of drug-likeness (QED) is 0.672. The van der Waals surface area contributed by atoms with E-state index in [0.29, 0.717) is 5.69 Å². The Kier molecular flexibility index (Phi) is 5.18. The number of rotatable bonds is 6. The normalized spacial score (nSPS) is 12.0. The van der Waals surface area contributed by atoms with Gasteiger partial charge in [-0.25, -0.2) is 26.3 Å². The molecule has 0 fully saturated rings. The van der Waals surface area contributed by atoms with Crippen LogP contribution in [0.25, 0.3) is 5.69 Å². The molecule has 0 aliphatic carbocycles. The minimum absolute atomic E-state index is 0.0343. The lowest BCUT2D eigenvalue weighted by molar-refractivity contribution is 0.0527. The number of carbonyl (C=O) groups is 1.